The Morgan fingerprint density at radius 3 is 2.70 bits per heavy atom. The summed E-state index contributed by atoms with van der Waals surface area (Å²) in [5.74, 6) is 0. The van der Waals surface area contributed by atoms with Gasteiger partial charge in [-0.25, -0.2) is 0 Å². The van der Waals surface area contributed by atoms with E-state index in [0.29, 0.717) is 17.1 Å². The van der Waals surface area contributed by atoms with Crippen LogP contribution in [-0.4, -0.2) is 53.9 Å². The quantitative estimate of drug-likeness (QED) is 0.789. The molecule has 2 unspecified atom stereocenters. The number of ether oxygens (including phenoxy) is 2. The second-order valence-electron chi connectivity index (χ2n) is 6.44. The van der Waals surface area contributed by atoms with Crippen LogP contribution in [0, 0.1) is 0 Å². The molecule has 0 amide bonds. The maximum Gasteiger partial charge on any atom is 0.0902 e. The molecule has 3 saturated heterocycles. The van der Waals surface area contributed by atoms with Crippen LogP contribution < -0.4 is 5.73 Å². The minimum absolute atomic E-state index is 0.0549. The van der Waals surface area contributed by atoms with Crippen LogP contribution in [0.3, 0.4) is 0 Å². The van der Waals surface area contributed by atoms with Crippen molar-refractivity contribution in [2.45, 2.75) is 62.6 Å². The van der Waals surface area contributed by atoms with Crippen LogP contribution in [0.5, 0.6) is 0 Å². The molecule has 0 aromatic heterocycles. The zero-order valence-corrected chi connectivity index (χ0v) is 13.0. The lowest BCUT2D eigenvalue weighted by Gasteiger charge is -2.49. The fourth-order valence-corrected chi connectivity index (χ4v) is 4.33. The first-order chi connectivity index (χ1) is 9.70. The van der Waals surface area contributed by atoms with Gasteiger partial charge in [-0.05, 0) is 45.1 Å². The van der Waals surface area contributed by atoms with E-state index in [4.69, 9.17) is 27.4 Å². The monoisotopic (exact) mass is 298 g/mol. The van der Waals surface area contributed by atoms with E-state index in [1.54, 1.807) is 0 Å². The van der Waals surface area contributed by atoms with E-state index in [2.05, 4.69) is 4.90 Å². The van der Waals surface area contributed by atoms with Gasteiger partial charge in [0.15, 0.2) is 0 Å². The Labute approximate surface area is 127 Å². The molecule has 3 fully saturated rings. The molecule has 3 rings (SSSR count). The van der Waals surface area contributed by atoms with Gasteiger partial charge in [-0.2, -0.15) is 0 Å². The number of likely N-dealkylation sites (tertiary alicyclic amines) is 1. The summed E-state index contributed by atoms with van der Waals surface area (Å²) >= 11 is 5.29. The first-order valence-corrected chi connectivity index (χ1v) is 8.38. The van der Waals surface area contributed by atoms with Crippen molar-refractivity contribution in [2.75, 3.05) is 26.4 Å². The van der Waals surface area contributed by atoms with Gasteiger partial charge in [0, 0.05) is 25.9 Å². The third-order valence-corrected chi connectivity index (χ3v) is 5.48. The molecule has 114 valence electrons. The third-order valence-electron chi connectivity index (χ3n) is 5.21. The molecule has 3 heterocycles. The van der Waals surface area contributed by atoms with Gasteiger partial charge in [0.2, 0.25) is 0 Å². The van der Waals surface area contributed by atoms with Gasteiger partial charge in [0.1, 0.15) is 0 Å². The van der Waals surface area contributed by atoms with Crippen molar-refractivity contribution in [3.05, 3.63) is 0 Å². The molecular formula is C15H26N2O2S. The normalized spacial score (nSPS) is 35.0. The molecule has 0 aliphatic carbocycles. The second kappa shape index (κ2) is 6.26. The molecule has 0 bridgehead atoms. The number of nitrogens with zero attached hydrogens (tertiary/aromatic N) is 1. The largest absolute Gasteiger partial charge is 0.392 e. The van der Waals surface area contributed by atoms with Crippen molar-refractivity contribution in [3.63, 3.8) is 0 Å². The van der Waals surface area contributed by atoms with Crippen LogP contribution in [0.2, 0.25) is 0 Å². The molecule has 2 atom stereocenters. The molecule has 3 aliphatic heterocycles. The Hall–Kier alpha value is -0.230. The zero-order valence-electron chi connectivity index (χ0n) is 12.2. The predicted octanol–water partition coefficient (Wildman–Crippen LogP) is 1.86. The Morgan fingerprint density at radius 1 is 1.15 bits per heavy atom. The summed E-state index contributed by atoms with van der Waals surface area (Å²) < 4.78 is 11.7. The van der Waals surface area contributed by atoms with Gasteiger partial charge in [0.05, 0.1) is 16.6 Å². The fourth-order valence-electron chi connectivity index (χ4n) is 4.07. The van der Waals surface area contributed by atoms with E-state index in [1.165, 1.54) is 12.8 Å². The Balaban J connectivity index is 1.70. The second-order valence-corrected chi connectivity index (χ2v) is 6.91. The fraction of sp³-hybridized carbons (Fsp3) is 0.933. The first kappa shape index (κ1) is 14.7. The summed E-state index contributed by atoms with van der Waals surface area (Å²) in [6.45, 7) is 3.68. The van der Waals surface area contributed by atoms with Gasteiger partial charge >= 0.3 is 0 Å². The molecule has 0 saturated carbocycles. The maximum absolute atomic E-state index is 6.15. The lowest BCUT2D eigenvalue weighted by Crippen LogP contribution is -2.57. The Kier molecular flexibility index (Phi) is 4.60. The smallest absolute Gasteiger partial charge is 0.0902 e. The molecule has 20 heavy (non-hydrogen) atoms. The van der Waals surface area contributed by atoms with E-state index in [0.717, 1.165) is 58.5 Å². The van der Waals surface area contributed by atoms with Crippen molar-refractivity contribution >= 4 is 17.2 Å². The van der Waals surface area contributed by atoms with Crippen LogP contribution in [0.25, 0.3) is 0 Å². The lowest BCUT2D eigenvalue weighted by atomic mass is 9.82. The van der Waals surface area contributed by atoms with Crippen LogP contribution in [0.1, 0.15) is 44.9 Å². The highest BCUT2D eigenvalue weighted by atomic mass is 32.1. The molecule has 0 aromatic carbocycles. The van der Waals surface area contributed by atoms with E-state index >= 15 is 0 Å². The van der Waals surface area contributed by atoms with Crippen LogP contribution in [0.4, 0.5) is 0 Å². The number of hydrogen-bond acceptors (Lipinski definition) is 4. The third kappa shape index (κ3) is 3.01. The van der Waals surface area contributed by atoms with Gasteiger partial charge in [-0.15, -0.1) is 0 Å². The molecule has 5 heteroatoms. The van der Waals surface area contributed by atoms with Crippen molar-refractivity contribution in [1.82, 2.24) is 4.90 Å². The van der Waals surface area contributed by atoms with E-state index < -0.39 is 0 Å². The highest BCUT2D eigenvalue weighted by Crippen LogP contribution is 2.37. The van der Waals surface area contributed by atoms with Crippen molar-refractivity contribution in [1.29, 1.82) is 0 Å². The first-order valence-electron chi connectivity index (χ1n) is 7.97. The average molecular weight is 298 g/mol. The Bertz CT molecular complexity index is 352. The highest BCUT2D eigenvalue weighted by molar-refractivity contribution is 7.80. The van der Waals surface area contributed by atoms with Gasteiger partial charge in [-0.1, -0.05) is 18.6 Å². The minimum Gasteiger partial charge on any atom is -0.392 e. The van der Waals surface area contributed by atoms with Crippen molar-refractivity contribution in [3.8, 4) is 0 Å². The number of thiocarbonyl (C=S) groups is 1. The number of nitrogens with two attached hydrogens (primary N) is 1. The summed E-state index contributed by atoms with van der Waals surface area (Å²) in [6.07, 6.45) is 7.96. The van der Waals surface area contributed by atoms with Crippen LogP contribution >= 0.6 is 12.2 Å². The SMILES string of the molecule is NC(=S)C1CCCCN1C1CCOC2(CCOCC2)C1. The van der Waals surface area contributed by atoms with Gasteiger partial charge in [0.25, 0.3) is 0 Å². The predicted molar refractivity (Wildman–Crippen MR) is 82.9 cm³/mol. The van der Waals surface area contributed by atoms with E-state index in [9.17, 15) is 0 Å². The summed E-state index contributed by atoms with van der Waals surface area (Å²) in [4.78, 5) is 3.25. The van der Waals surface area contributed by atoms with Gasteiger partial charge in [-0.3, -0.25) is 4.90 Å². The maximum atomic E-state index is 6.15. The number of hydrogen-bond donors (Lipinski definition) is 1. The molecular weight excluding hydrogens is 272 g/mol. The summed E-state index contributed by atoms with van der Waals surface area (Å²) in [5, 5.41) is 0. The molecule has 1 spiro atoms. The lowest BCUT2D eigenvalue weighted by molar-refractivity contribution is -0.153. The van der Waals surface area contributed by atoms with Crippen molar-refractivity contribution < 1.29 is 9.47 Å². The topological polar surface area (TPSA) is 47.7 Å². The van der Waals surface area contributed by atoms with Gasteiger partial charge < -0.3 is 15.2 Å². The zero-order chi connectivity index (χ0) is 14.0. The highest BCUT2D eigenvalue weighted by Gasteiger charge is 2.42. The summed E-state index contributed by atoms with van der Waals surface area (Å²) in [6, 6.07) is 0.882. The van der Waals surface area contributed by atoms with Crippen LogP contribution in [-0.2, 0) is 9.47 Å². The Morgan fingerprint density at radius 2 is 1.95 bits per heavy atom. The summed E-state index contributed by atoms with van der Waals surface area (Å²) in [7, 11) is 0. The number of piperidine rings is 1. The molecule has 3 aliphatic rings. The molecule has 0 radical (unpaired) electrons. The standard InChI is InChI=1S/C15H26N2O2S/c16-14(20)13-3-1-2-7-17(13)12-4-8-19-15(11-12)5-9-18-10-6-15/h12-13H,1-11H2,(H2,16,20). The minimum atomic E-state index is 0.0549. The number of rotatable bonds is 2. The molecule has 2 N–H and O–H groups in total. The van der Waals surface area contributed by atoms with Crippen LogP contribution in [0.15, 0.2) is 0 Å². The van der Waals surface area contributed by atoms with Crippen molar-refractivity contribution in [2.24, 2.45) is 5.73 Å². The van der Waals surface area contributed by atoms with E-state index in [-0.39, 0.29) is 5.60 Å². The molecule has 4 nitrogen and oxygen atoms in total. The van der Waals surface area contributed by atoms with E-state index in [1.807, 2.05) is 0 Å². The molecule has 0 aromatic rings. The summed E-state index contributed by atoms with van der Waals surface area (Å²) in [5.41, 5.74) is 6.03. The average Bonchev–Trinajstić information content (AvgIpc) is 2.48.